The van der Waals surface area contributed by atoms with Gasteiger partial charge in [0, 0.05) is 36.6 Å². The number of fused-ring (bicyclic) bond motifs is 2. The van der Waals surface area contributed by atoms with Gasteiger partial charge in [-0.2, -0.15) is 0 Å². The van der Waals surface area contributed by atoms with E-state index in [1.807, 2.05) is 33.0 Å². The number of carbonyl (C=O) groups is 3. The van der Waals surface area contributed by atoms with E-state index in [2.05, 4.69) is 38.8 Å². The van der Waals surface area contributed by atoms with Gasteiger partial charge in [-0.1, -0.05) is 32.1 Å². The lowest BCUT2D eigenvalue weighted by molar-refractivity contribution is -0.184. The van der Waals surface area contributed by atoms with Crippen LogP contribution in [0.5, 0.6) is 0 Å². The molecule has 4 atom stereocenters. The van der Waals surface area contributed by atoms with Gasteiger partial charge in [0.05, 0.1) is 5.92 Å². The number of amides is 2. The fraction of sp³-hybridized carbons (Fsp3) is 0.458. The van der Waals surface area contributed by atoms with E-state index in [9.17, 15) is 14.4 Å². The van der Waals surface area contributed by atoms with Crippen LogP contribution in [0.3, 0.4) is 0 Å². The zero-order valence-corrected chi connectivity index (χ0v) is 18.7. The molecular formula is C24H28N4O4. The third-order valence-corrected chi connectivity index (χ3v) is 6.91. The molecule has 3 heterocycles. The highest BCUT2D eigenvalue weighted by Gasteiger charge is 2.48. The van der Waals surface area contributed by atoms with Crippen molar-refractivity contribution in [1.29, 1.82) is 0 Å². The van der Waals surface area contributed by atoms with Gasteiger partial charge in [-0.25, -0.2) is 4.79 Å². The number of hydrogen-bond donors (Lipinski definition) is 3. The van der Waals surface area contributed by atoms with Crippen LogP contribution in [0.1, 0.15) is 31.9 Å². The molecule has 8 heteroatoms. The predicted octanol–water partition coefficient (Wildman–Crippen LogP) is 1.57. The van der Waals surface area contributed by atoms with Gasteiger partial charge in [-0.15, -0.1) is 0 Å². The normalized spacial score (nSPS) is 29.9. The van der Waals surface area contributed by atoms with Crippen molar-refractivity contribution >= 4 is 34.3 Å². The summed E-state index contributed by atoms with van der Waals surface area (Å²) in [5.74, 6) is -1.98. The van der Waals surface area contributed by atoms with Crippen molar-refractivity contribution < 1.29 is 19.1 Å². The monoisotopic (exact) mass is 436 g/mol. The maximum atomic E-state index is 13.2. The van der Waals surface area contributed by atoms with Crippen LogP contribution >= 0.6 is 0 Å². The van der Waals surface area contributed by atoms with E-state index >= 15 is 0 Å². The number of nitrogens with zero attached hydrogens (tertiary/aromatic N) is 1. The Morgan fingerprint density at radius 3 is 2.84 bits per heavy atom. The maximum absolute atomic E-state index is 13.2. The molecular weight excluding hydrogens is 408 g/mol. The highest BCUT2D eigenvalue weighted by Crippen LogP contribution is 2.40. The molecule has 0 radical (unpaired) electrons. The van der Waals surface area contributed by atoms with Crippen LogP contribution in [-0.4, -0.2) is 59.1 Å². The van der Waals surface area contributed by atoms with E-state index in [4.69, 9.17) is 4.74 Å². The molecule has 8 nitrogen and oxygen atoms in total. The van der Waals surface area contributed by atoms with Crippen molar-refractivity contribution in [3.05, 3.63) is 41.6 Å². The van der Waals surface area contributed by atoms with Gasteiger partial charge < -0.3 is 20.4 Å². The molecule has 1 saturated heterocycles. The van der Waals surface area contributed by atoms with Crippen LogP contribution in [0.25, 0.3) is 16.5 Å². The lowest BCUT2D eigenvalue weighted by atomic mass is 9.79. The Bertz CT molecular complexity index is 1170. The first kappa shape index (κ1) is 20.8. The van der Waals surface area contributed by atoms with Crippen LogP contribution < -0.4 is 10.6 Å². The van der Waals surface area contributed by atoms with Crippen molar-refractivity contribution in [2.75, 3.05) is 13.6 Å². The number of aromatic nitrogens is 1. The Kier molecular flexibility index (Phi) is 4.67. The zero-order valence-electron chi connectivity index (χ0n) is 18.7. The number of likely N-dealkylation sites (N-methyl/N-ethyl adjacent to an activating group) is 1. The number of benzene rings is 1. The number of ether oxygens (including phenoxy) is 1. The number of nitrogens with one attached hydrogen (secondary N) is 3. The molecule has 1 aromatic heterocycles. The molecule has 2 aromatic rings. The molecule has 0 spiro atoms. The summed E-state index contributed by atoms with van der Waals surface area (Å²) >= 11 is 0. The SMILES string of the molecule is CC(C)[C@@H]1NC(=O)[C@@](C)(NC(=O)[C@H]2C=C3c4cccc5[nH]cc(c45)C[C@H]3N(C)C2)OC1=O. The lowest BCUT2D eigenvalue weighted by Crippen LogP contribution is -2.68. The molecule has 0 unspecified atom stereocenters. The van der Waals surface area contributed by atoms with E-state index in [-0.39, 0.29) is 17.9 Å². The Hall–Kier alpha value is -3.13. The molecule has 2 amide bonds. The second-order valence-corrected chi connectivity index (χ2v) is 9.57. The molecule has 32 heavy (non-hydrogen) atoms. The summed E-state index contributed by atoms with van der Waals surface area (Å²) in [5.41, 5.74) is 2.89. The molecule has 0 saturated carbocycles. The zero-order chi connectivity index (χ0) is 22.8. The number of cyclic esters (lactones) is 1. The fourth-order valence-electron chi connectivity index (χ4n) is 5.11. The summed E-state index contributed by atoms with van der Waals surface area (Å²) in [7, 11) is 2.01. The summed E-state index contributed by atoms with van der Waals surface area (Å²) in [4.78, 5) is 43.8. The summed E-state index contributed by atoms with van der Waals surface area (Å²) in [6.45, 7) is 5.59. The Labute approximate surface area is 186 Å². The van der Waals surface area contributed by atoms with Crippen LogP contribution in [0.4, 0.5) is 0 Å². The highest BCUT2D eigenvalue weighted by molar-refractivity contribution is 6.01. The Balaban J connectivity index is 1.42. The van der Waals surface area contributed by atoms with Gasteiger partial charge in [0.15, 0.2) is 0 Å². The summed E-state index contributed by atoms with van der Waals surface area (Å²) < 4.78 is 5.42. The topological polar surface area (TPSA) is 104 Å². The highest BCUT2D eigenvalue weighted by atomic mass is 16.6. The number of carbonyl (C=O) groups excluding carboxylic acids is 3. The quantitative estimate of drug-likeness (QED) is 0.634. The van der Waals surface area contributed by atoms with Crippen molar-refractivity contribution in [1.82, 2.24) is 20.5 Å². The first-order valence-corrected chi connectivity index (χ1v) is 11.0. The minimum atomic E-state index is -1.73. The molecule has 5 rings (SSSR count). The molecule has 3 aliphatic rings. The number of H-pyrrole nitrogens is 1. The molecule has 3 N–H and O–H groups in total. The minimum absolute atomic E-state index is 0.104. The number of morpholine rings is 1. The fourth-order valence-corrected chi connectivity index (χ4v) is 5.11. The van der Waals surface area contributed by atoms with Crippen LogP contribution in [-0.2, 0) is 25.5 Å². The number of hydrogen-bond acceptors (Lipinski definition) is 5. The van der Waals surface area contributed by atoms with Crippen LogP contribution in [0.15, 0.2) is 30.5 Å². The summed E-state index contributed by atoms with van der Waals surface area (Å²) in [5, 5.41) is 6.58. The van der Waals surface area contributed by atoms with Crippen molar-refractivity contribution in [3.8, 4) is 0 Å². The molecule has 0 bridgehead atoms. The molecule has 1 aliphatic carbocycles. The summed E-state index contributed by atoms with van der Waals surface area (Å²) in [6.07, 6.45) is 4.95. The summed E-state index contributed by atoms with van der Waals surface area (Å²) in [6, 6.07) is 5.64. The van der Waals surface area contributed by atoms with Crippen LogP contribution in [0, 0.1) is 11.8 Å². The van der Waals surface area contributed by atoms with Gasteiger partial charge in [0.2, 0.25) is 5.91 Å². The average Bonchev–Trinajstić information content (AvgIpc) is 3.15. The minimum Gasteiger partial charge on any atom is -0.428 e. The standard InChI is InChI=1S/C24H28N4O4/c1-12(2)20-22(30)32-24(3,23(31)26-20)27-21(29)14-8-16-15-6-5-7-17-19(15)13(10-25-17)9-18(16)28(4)11-14/h5-8,10,12,14,18,20,25H,9,11H2,1-4H3,(H,26,31)(H,27,29)/t14-,18+,20-,24-/m0/s1. The second kappa shape index (κ2) is 7.20. The van der Waals surface area contributed by atoms with Gasteiger partial charge >= 0.3 is 5.97 Å². The smallest absolute Gasteiger partial charge is 0.331 e. The second-order valence-electron chi connectivity index (χ2n) is 9.57. The first-order chi connectivity index (χ1) is 15.2. The largest absolute Gasteiger partial charge is 0.428 e. The number of aromatic amines is 1. The van der Waals surface area contributed by atoms with Crippen molar-refractivity contribution in [2.24, 2.45) is 11.8 Å². The third kappa shape index (κ3) is 3.12. The first-order valence-electron chi connectivity index (χ1n) is 11.0. The molecule has 1 aromatic carbocycles. The van der Waals surface area contributed by atoms with Gasteiger partial charge in [-0.3, -0.25) is 14.5 Å². The van der Waals surface area contributed by atoms with E-state index in [1.54, 1.807) is 0 Å². The Morgan fingerprint density at radius 2 is 2.09 bits per heavy atom. The van der Waals surface area contributed by atoms with Gasteiger partial charge in [0.25, 0.3) is 11.6 Å². The van der Waals surface area contributed by atoms with Gasteiger partial charge in [0.1, 0.15) is 6.04 Å². The number of esters is 1. The van der Waals surface area contributed by atoms with E-state index < -0.39 is 29.6 Å². The lowest BCUT2D eigenvalue weighted by Gasteiger charge is -2.41. The number of rotatable bonds is 3. The van der Waals surface area contributed by atoms with Crippen molar-refractivity contribution in [3.63, 3.8) is 0 Å². The van der Waals surface area contributed by atoms with E-state index in [0.717, 1.165) is 23.1 Å². The third-order valence-electron chi connectivity index (χ3n) is 6.91. The maximum Gasteiger partial charge on any atom is 0.331 e. The average molecular weight is 437 g/mol. The van der Waals surface area contributed by atoms with E-state index in [1.165, 1.54) is 17.9 Å². The predicted molar refractivity (Wildman–Crippen MR) is 119 cm³/mol. The van der Waals surface area contributed by atoms with Crippen LogP contribution in [0.2, 0.25) is 0 Å². The molecule has 2 aliphatic heterocycles. The molecule has 168 valence electrons. The Morgan fingerprint density at radius 1 is 1.31 bits per heavy atom. The molecule has 1 fully saturated rings. The van der Waals surface area contributed by atoms with Crippen molar-refractivity contribution in [2.45, 2.75) is 45.0 Å². The van der Waals surface area contributed by atoms with Gasteiger partial charge in [-0.05, 0) is 42.2 Å². The van der Waals surface area contributed by atoms with E-state index in [0.29, 0.717) is 6.54 Å².